The molecule has 0 bridgehead atoms. The first-order chi connectivity index (χ1) is 14.1. The van der Waals surface area contributed by atoms with Gasteiger partial charge in [-0.2, -0.15) is 10.2 Å². The molecule has 0 amide bonds. The number of H-pyrrole nitrogens is 1. The van der Waals surface area contributed by atoms with Crippen molar-refractivity contribution in [2.45, 2.75) is 0 Å². The van der Waals surface area contributed by atoms with Crippen LogP contribution in [-0.4, -0.2) is 30.6 Å². The molecule has 142 valence electrons. The van der Waals surface area contributed by atoms with Crippen molar-refractivity contribution in [2.24, 2.45) is 4.99 Å². The number of hydrogen-bond acceptors (Lipinski definition) is 6. The summed E-state index contributed by atoms with van der Waals surface area (Å²) in [4.78, 5) is 16.0. The number of anilines is 1. The van der Waals surface area contributed by atoms with Crippen LogP contribution in [0.2, 0.25) is 5.02 Å². The number of nitro groups is 1. The quantitative estimate of drug-likeness (QED) is 0.394. The standard InChI is InChI=1S/C19H12ClN7O2/c20-14-5-2-1-4-11(14)18-12-8-15(27(28)29)19-13(9-22-25-19)17(12)21-10-16(24-18)26-7-3-6-23-26/h1-10,21H,(H,22,25). The van der Waals surface area contributed by atoms with E-state index in [4.69, 9.17) is 16.6 Å². The van der Waals surface area contributed by atoms with Gasteiger partial charge in [-0.1, -0.05) is 29.8 Å². The number of non-ortho nitro benzene ring substituents is 1. The van der Waals surface area contributed by atoms with Crippen molar-refractivity contribution in [3.8, 4) is 0 Å². The van der Waals surface area contributed by atoms with Crippen LogP contribution in [0.25, 0.3) is 16.7 Å². The van der Waals surface area contributed by atoms with Gasteiger partial charge in [0.25, 0.3) is 5.69 Å². The molecule has 0 atom stereocenters. The zero-order chi connectivity index (χ0) is 20.0. The van der Waals surface area contributed by atoms with E-state index >= 15 is 0 Å². The molecule has 4 aromatic rings. The van der Waals surface area contributed by atoms with Crippen molar-refractivity contribution in [3.05, 3.63) is 87.5 Å². The Morgan fingerprint density at radius 2 is 2.03 bits per heavy atom. The second kappa shape index (κ2) is 6.57. The molecule has 2 aromatic carbocycles. The van der Waals surface area contributed by atoms with E-state index in [0.29, 0.717) is 44.3 Å². The number of benzene rings is 2. The van der Waals surface area contributed by atoms with Gasteiger partial charge >= 0.3 is 0 Å². The maximum Gasteiger partial charge on any atom is 0.295 e. The summed E-state index contributed by atoms with van der Waals surface area (Å²) in [5.74, 6) is 0.500. The minimum absolute atomic E-state index is 0.0969. The average Bonchev–Trinajstić information content (AvgIpc) is 3.38. The first-order valence-electron chi connectivity index (χ1n) is 8.58. The van der Waals surface area contributed by atoms with E-state index in [1.807, 2.05) is 18.2 Å². The average molecular weight is 406 g/mol. The van der Waals surface area contributed by atoms with Crippen molar-refractivity contribution in [3.63, 3.8) is 0 Å². The SMILES string of the molecule is O=[N+]([O-])c1cc2c(c3cn[nH]c13)NC=C(n1cccn1)N=C2c1ccccc1Cl. The lowest BCUT2D eigenvalue weighted by molar-refractivity contribution is -0.383. The van der Waals surface area contributed by atoms with Gasteiger partial charge in [0.1, 0.15) is 5.52 Å². The molecule has 0 saturated heterocycles. The zero-order valence-corrected chi connectivity index (χ0v) is 15.5. The van der Waals surface area contributed by atoms with Crippen molar-refractivity contribution >= 4 is 45.4 Å². The van der Waals surface area contributed by atoms with Crippen molar-refractivity contribution in [1.82, 2.24) is 20.0 Å². The molecule has 2 aromatic heterocycles. The monoisotopic (exact) mass is 405 g/mol. The molecule has 10 heteroatoms. The second-order valence-corrected chi connectivity index (χ2v) is 6.68. The molecule has 0 spiro atoms. The normalized spacial score (nSPS) is 13.3. The molecule has 5 rings (SSSR count). The highest BCUT2D eigenvalue weighted by Crippen LogP contribution is 2.37. The smallest absolute Gasteiger partial charge is 0.295 e. The maximum atomic E-state index is 11.7. The third kappa shape index (κ3) is 2.75. The van der Waals surface area contributed by atoms with E-state index in [-0.39, 0.29) is 5.69 Å². The van der Waals surface area contributed by atoms with Crippen LogP contribution in [0.3, 0.4) is 0 Å². The second-order valence-electron chi connectivity index (χ2n) is 6.27. The van der Waals surface area contributed by atoms with Crippen LogP contribution < -0.4 is 5.32 Å². The Bertz CT molecular complexity index is 1320. The molecule has 0 saturated carbocycles. The summed E-state index contributed by atoms with van der Waals surface area (Å²) in [6, 6.07) is 10.5. The minimum atomic E-state index is -0.447. The number of nitro benzene ring substituents is 1. The van der Waals surface area contributed by atoms with E-state index < -0.39 is 4.92 Å². The number of hydrogen-bond donors (Lipinski definition) is 2. The lowest BCUT2D eigenvalue weighted by Crippen LogP contribution is -2.08. The fraction of sp³-hybridized carbons (Fsp3) is 0. The van der Waals surface area contributed by atoms with Gasteiger partial charge in [-0.05, 0) is 12.1 Å². The zero-order valence-electron chi connectivity index (χ0n) is 14.7. The molecule has 29 heavy (non-hydrogen) atoms. The maximum absolute atomic E-state index is 11.7. The van der Waals surface area contributed by atoms with Crippen LogP contribution in [0.15, 0.2) is 66.2 Å². The molecular formula is C19H12ClN7O2. The largest absolute Gasteiger partial charge is 0.357 e. The van der Waals surface area contributed by atoms with Crippen molar-refractivity contribution in [1.29, 1.82) is 0 Å². The van der Waals surface area contributed by atoms with Gasteiger partial charge in [0, 0.05) is 40.8 Å². The van der Waals surface area contributed by atoms with Gasteiger partial charge in [0.05, 0.1) is 27.9 Å². The summed E-state index contributed by atoms with van der Waals surface area (Å²) in [6.45, 7) is 0. The van der Waals surface area contributed by atoms with Crippen LogP contribution in [0.4, 0.5) is 11.4 Å². The number of aromatic amines is 1. The number of rotatable bonds is 3. The summed E-state index contributed by atoms with van der Waals surface area (Å²) in [6.07, 6.45) is 6.63. The van der Waals surface area contributed by atoms with Gasteiger partial charge in [-0.3, -0.25) is 15.2 Å². The topological polar surface area (TPSA) is 114 Å². The van der Waals surface area contributed by atoms with Gasteiger partial charge < -0.3 is 5.32 Å². The molecule has 3 heterocycles. The summed E-state index contributed by atoms with van der Waals surface area (Å²) < 4.78 is 1.59. The number of halogens is 1. The van der Waals surface area contributed by atoms with Crippen molar-refractivity contribution in [2.75, 3.05) is 5.32 Å². The number of fused-ring (bicyclic) bond motifs is 3. The Hall–Kier alpha value is -3.98. The highest BCUT2D eigenvalue weighted by molar-refractivity contribution is 6.36. The van der Waals surface area contributed by atoms with Crippen LogP contribution in [-0.2, 0) is 0 Å². The minimum Gasteiger partial charge on any atom is -0.357 e. The molecule has 0 unspecified atom stereocenters. The Morgan fingerprint density at radius 1 is 1.17 bits per heavy atom. The van der Waals surface area contributed by atoms with Gasteiger partial charge in [-0.15, -0.1) is 0 Å². The fourth-order valence-electron chi connectivity index (χ4n) is 3.31. The summed E-state index contributed by atoms with van der Waals surface area (Å²) in [5, 5.41) is 26.9. The Morgan fingerprint density at radius 3 is 2.79 bits per heavy atom. The van der Waals surface area contributed by atoms with Crippen LogP contribution in [0.1, 0.15) is 11.1 Å². The molecule has 0 fully saturated rings. The first-order valence-corrected chi connectivity index (χ1v) is 8.96. The predicted molar refractivity (Wildman–Crippen MR) is 110 cm³/mol. The van der Waals surface area contributed by atoms with E-state index in [1.54, 1.807) is 41.6 Å². The third-order valence-electron chi connectivity index (χ3n) is 4.61. The van der Waals surface area contributed by atoms with E-state index in [0.717, 1.165) is 0 Å². The van der Waals surface area contributed by atoms with Crippen LogP contribution in [0, 0.1) is 10.1 Å². The van der Waals surface area contributed by atoms with Gasteiger partial charge in [-0.25, -0.2) is 9.67 Å². The predicted octanol–water partition coefficient (Wildman–Crippen LogP) is 4.04. The lowest BCUT2D eigenvalue weighted by Gasteiger charge is -2.12. The number of nitrogens with one attached hydrogen (secondary N) is 2. The molecule has 2 N–H and O–H groups in total. The molecule has 9 nitrogen and oxygen atoms in total. The molecule has 0 aliphatic carbocycles. The third-order valence-corrected chi connectivity index (χ3v) is 4.94. The number of nitrogens with zero attached hydrogens (tertiary/aromatic N) is 5. The van der Waals surface area contributed by atoms with Gasteiger partial charge in [0.2, 0.25) is 0 Å². The Kier molecular flexibility index (Phi) is 3.88. The van der Waals surface area contributed by atoms with Crippen LogP contribution in [0.5, 0.6) is 0 Å². The highest BCUT2D eigenvalue weighted by atomic mass is 35.5. The fourth-order valence-corrected chi connectivity index (χ4v) is 3.53. The lowest BCUT2D eigenvalue weighted by atomic mass is 9.97. The molecule has 1 aliphatic rings. The van der Waals surface area contributed by atoms with Crippen LogP contribution >= 0.6 is 11.6 Å². The van der Waals surface area contributed by atoms with Gasteiger partial charge in [0.15, 0.2) is 5.82 Å². The molecular weight excluding hydrogens is 394 g/mol. The Labute approximate surface area is 168 Å². The summed E-state index contributed by atoms with van der Waals surface area (Å²) in [7, 11) is 0. The highest BCUT2D eigenvalue weighted by Gasteiger charge is 2.26. The van der Waals surface area contributed by atoms with E-state index in [9.17, 15) is 10.1 Å². The molecule has 1 aliphatic heterocycles. The Balaban J connectivity index is 1.85. The number of aromatic nitrogens is 4. The van der Waals surface area contributed by atoms with E-state index in [2.05, 4.69) is 20.6 Å². The van der Waals surface area contributed by atoms with Crippen molar-refractivity contribution < 1.29 is 4.92 Å². The van der Waals surface area contributed by atoms with E-state index in [1.165, 1.54) is 6.07 Å². The number of aliphatic imine (C=N–C) groups is 1. The first kappa shape index (κ1) is 17.1. The summed E-state index contributed by atoms with van der Waals surface area (Å²) >= 11 is 6.45. The summed E-state index contributed by atoms with van der Waals surface area (Å²) in [5.41, 5.74) is 2.55. The molecule has 0 radical (unpaired) electrons.